The third kappa shape index (κ3) is 4.43. The Labute approximate surface area is 152 Å². The number of rotatable bonds is 6. The number of carbonyl (C=O) groups excluding carboxylic acids is 2. The number of halogens is 1. The SMILES string of the molecule is COCC(=O)N1C(C(=O)NCC(C)C)CSC1c1ccccc1Cl. The lowest BCUT2D eigenvalue weighted by molar-refractivity contribution is -0.142. The van der Waals surface area contributed by atoms with Gasteiger partial charge in [0, 0.05) is 30.0 Å². The monoisotopic (exact) mass is 370 g/mol. The highest BCUT2D eigenvalue weighted by atomic mass is 35.5. The molecule has 1 aromatic rings. The predicted molar refractivity (Wildman–Crippen MR) is 97.0 cm³/mol. The molecule has 1 fully saturated rings. The summed E-state index contributed by atoms with van der Waals surface area (Å²) in [5, 5.41) is 3.23. The van der Waals surface area contributed by atoms with Crippen LogP contribution in [0.15, 0.2) is 24.3 Å². The van der Waals surface area contributed by atoms with E-state index in [1.54, 1.807) is 22.7 Å². The van der Waals surface area contributed by atoms with Gasteiger partial charge >= 0.3 is 0 Å². The van der Waals surface area contributed by atoms with Crippen LogP contribution in [-0.2, 0) is 14.3 Å². The summed E-state index contributed by atoms with van der Waals surface area (Å²) in [6.45, 7) is 4.59. The number of carbonyl (C=O) groups is 2. The molecule has 1 heterocycles. The smallest absolute Gasteiger partial charge is 0.250 e. The van der Waals surface area contributed by atoms with Crippen LogP contribution in [0.2, 0.25) is 5.02 Å². The van der Waals surface area contributed by atoms with Gasteiger partial charge in [-0.1, -0.05) is 43.6 Å². The highest BCUT2D eigenvalue weighted by Gasteiger charge is 2.42. The molecular weight excluding hydrogens is 348 g/mol. The Morgan fingerprint density at radius 3 is 2.75 bits per heavy atom. The van der Waals surface area contributed by atoms with Crippen LogP contribution in [0.5, 0.6) is 0 Å². The first-order valence-corrected chi connectivity index (χ1v) is 9.32. The second-order valence-corrected chi connectivity index (χ2v) is 7.62. The van der Waals surface area contributed by atoms with Gasteiger partial charge in [-0.15, -0.1) is 11.8 Å². The normalized spacial score (nSPS) is 20.5. The fraction of sp³-hybridized carbons (Fsp3) is 0.529. The standard InChI is InChI=1S/C17H23ClN2O3S/c1-11(2)8-19-16(22)14-10-24-17(20(14)15(21)9-23-3)12-6-4-5-7-13(12)18/h4-7,11,14,17H,8-10H2,1-3H3,(H,19,22). The number of amides is 2. The van der Waals surface area contributed by atoms with Crippen molar-refractivity contribution in [1.82, 2.24) is 10.2 Å². The second kappa shape index (κ2) is 8.74. The maximum Gasteiger partial charge on any atom is 0.250 e. The van der Waals surface area contributed by atoms with Crippen molar-refractivity contribution in [2.45, 2.75) is 25.3 Å². The van der Waals surface area contributed by atoms with Gasteiger partial charge in [0.05, 0.1) is 0 Å². The van der Waals surface area contributed by atoms with Crippen molar-refractivity contribution in [2.75, 3.05) is 26.0 Å². The molecular formula is C17H23ClN2O3S. The molecule has 1 aromatic carbocycles. The minimum atomic E-state index is -0.516. The maximum absolute atomic E-state index is 12.6. The van der Waals surface area contributed by atoms with Crippen molar-refractivity contribution in [3.05, 3.63) is 34.9 Å². The summed E-state index contributed by atoms with van der Waals surface area (Å²) in [5.74, 6) is 0.549. The Bertz CT molecular complexity index is 597. The third-order valence-electron chi connectivity index (χ3n) is 3.71. The summed E-state index contributed by atoms with van der Waals surface area (Å²) in [5.41, 5.74) is 0.841. The lowest BCUT2D eigenvalue weighted by atomic mass is 10.1. The topological polar surface area (TPSA) is 58.6 Å². The minimum absolute atomic E-state index is 0.0600. The van der Waals surface area contributed by atoms with E-state index in [1.165, 1.54) is 7.11 Å². The van der Waals surface area contributed by atoms with E-state index in [2.05, 4.69) is 5.32 Å². The molecule has 5 nitrogen and oxygen atoms in total. The van der Waals surface area contributed by atoms with Crippen LogP contribution < -0.4 is 5.32 Å². The molecule has 1 N–H and O–H groups in total. The Morgan fingerprint density at radius 2 is 2.12 bits per heavy atom. The van der Waals surface area contributed by atoms with E-state index in [9.17, 15) is 9.59 Å². The molecule has 0 spiro atoms. The number of nitrogens with zero attached hydrogens (tertiary/aromatic N) is 1. The molecule has 1 aliphatic heterocycles. The van der Waals surface area contributed by atoms with E-state index in [0.717, 1.165) is 5.56 Å². The fourth-order valence-electron chi connectivity index (χ4n) is 2.55. The zero-order valence-corrected chi connectivity index (χ0v) is 15.7. The first-order chi connectivity index (χ1) is 11.5. The number of methoxy groups -OCH3 is 1. The Kier molecular flexibility index (Phi) is 6.95. The zero-order chi connectivity index (χ0) is 17.7. The molecule has 0 bridgehead atoms. The Hall–Kier alpha value is -1.24. The van der Waals surface area contributed by atoms with Crippen molar-refractivity contribution in [1.29, 1.82) is 0 Å². The number of benzene rings is 1. The molecule has 2 atom stereocenters. The molecule has 7 heteroatoms. The number of nitrogens with one attached hydrogen (secondary N) is 1. The van der Waals surface area contributed by atoms with Crippen molar-refractivity contribution < 1.29 is 14.3 Å². The highest BCUT2D eigenvalue weighted by Crippen LogP contribution is 2.43. The summed E-state index contributed by atoms with van der Waals surface area (Å²) < 4.78 is 4.99. The molecule has 2 amide bonds. The second-order valence-electron chi connectivity index (χ2n) is 6.10. The van der Waals surface area contributed by atoms with Crippen LogP contribution >= 0.6 is 23.4 Å². The predicted octanol–water partition coefficient (Wildman–Crippen LogP) is 2.70. The number of hydrogen-bond acceptors (Lipinski definition) is 4. The van der Waals surface area contributed by atoms with E-state index in [4.69, 9.17) is 16.3 Å². The van der Waals surface area contributed by atoms with E-state index in [1.807, 2.05) is 32.0 Å². The molecule has 0 saturated carbocycles. The van der Waals surface area contributed by atoms with Gasteiger partial charge in [-0.2, -0.15) is 0 Å². The zero-order valence-electron chi connectivity index (χ0n) is 14.1. The molecule has 1 saturated heterocycles. The van der Waals surface area contributed by atoms with Crippen molar-refractivity contribution >= 4 is 35.2 Å². The van der Waals surface area contributed by atoms with Crippen LogP contribution in [0.25, 0.3) is 0 Å². The van der Waals surface area contributed by atoms with Gasteiger partial charge in [-0.25, -0.2) is 0 Å². The summed E-state index contributed by atoms with van der Waals surface area (Å²) in [4.78, 5) is 26.7. The number of hydrogen-bond donors (Lipinski definition) is 1. The average molecular weight is 371 g/mol. The summed E-state index contributed by atoms with van der Waals surface area (Å²) in [6, 6.07) is 6.90. The summed E-state index contributed by atoms with van der Waals surface area (Å²) in [6.07, 6.45) is 0. The molecule has 1 aliphatic rings. The van der Waals surface area contributed by atoms with Gasteiger partial charge in [0.2, 0.25) is 11.8 Å². The summed E-state index contributed by atoms with van der Waals surface area (Å²) in [7, 11) is 1.47. The lowest BCUT2D eigenvalue weighted by Crippen LogP contribution is -2.49. The van der Waals surface area contributed by atoms with Gasteiger partial charge in [0.25, 0.3) is 0 Å². The van der Waals surface area contributed by atoms with Gasteiger partial charge < -0.3 is 15.0 Å². The van der Waals surface area contributed by atoms with Gasteiger partial charge in [0.1, 0.15) is 18.0 Å². The number of ether oxygens (including phenoxy) is 1. The molecule has 132 valence electrons. The quantitative estimate of drug-likeness (QED) is 0.836. The fourth-order valence-corrected chi connectivity index (χ4v) is 4.34. The number of thioether (sulfide) groups is 1. The third-order valence-corrected chi connectivity index (χ3v) is 5.36. The van der Waals surface area contributed by atoms with Crippen LogP contribution in [0.3, 0.4) is 0 Å². The van der Waals surface area contributed by atoms with Crippen LogP contribution in [0.1, 0.15) is 24.8 Å². The van der Waals surface area contributed by atoms with E-state index in [-0.39, 0.29) is 23.8 Å². The molecule has 0 radical (unpaired) electrons. The molecule has 0 aliphatic carbocycles. The van der Waals surface area contributed by atoms with E-state index in [0.29, 0.717) is 23.2 Å². The molecule has 2 unspecified atom stereocenters. The Morgan fingerprint density at radius 1 is 1.42 bits per heavy atom. The van der Waals surface area contributed by atoms with Crippen molar-refractivity contribution in [3.8, 4) is 0 Å². The van der Waals surface area contributed by atoms with E-state index < -0.39 is 6.04 Å². The van der Waals surface area contributed by atoms with Gasteiger partial charge in [-0.05, 0) is 12.0 Å². The van der Waals surface area contributed by atoms with Crippen LogP contribution in [0, 0.1) is 5.92 Å². The first-order valence-electron chi connectivity index (χ1n) is 7.89. The Balaban J connectivity index is 2.24. The largest absolute Gasteiger partial charge is 0.375 e. The van der Waals surface area contributed by atoms with Crippen LogP contribution in [-0.4, -0.2) is 48.8 Å². The van der Waals surface area contributed by atoms with Gasteiger partial charge in [0.15, 0.2) is 0 Å². The van der Waals surface area contributed by atoms with Gasteiger partial charge in [-0.3, -0.25) is 9.59 Å². The van der Waals surface area contributed by atoms with E-state index >= 15 is 0 Å². The highest BCUT2D eigenvalue weighted by molar-refractivity contribution is 7.99. The van der Waals surface area contributed by atoms with Crippen LogP contribution in [0.4, 0.5) is 0 Å². The lowest BCUT2D eigenvalue weighted by Gasteiger charge is -2.29. The average Bonchev–Trinajstić information content (AvgIpc) is 2.98. The van der Waals surface area contributed by atoms with Crippen molar-refractivity contribution in [3.63, 3.8) is 0 Å². The minimum Gasteiger partial charge on any atom is -0.375 e. The maximum atomic E-state index is 12.6. The van der Waals surface area contributed by atoms with Crippen molar-refractivity contribution in [2.24, 2.45) is 5.92 Å². The first kappa shape index (κ1) is 19.1. The summed E-state index contributed by atoms with van der Waals surface area (Å²) >= 11 is 7.85. The molecule has 24 heavy (non-hydrogen) atoms. The molecule has 0 aromatic heterocycles. The molecule has 2 rings (SSSR count).